The lowest BCUT2D eigenvalue weighted by Crippen LogP contribution is -2.29. The summed E-state index contributed by atoms with van der Waals surface area (Å²) in [5, 5.41) is 1.05. The number of benzene rings is 2. The number of carbonyl (C=O) groups excluding carboxylic acids is 1. The van der Waals surface area contributed by atoms with E-state index >= 15 is 0 Å². The molecule has 26 heavy (non-hydrogen) atoms. The fourth-order valence-corrected chi connectivity index (χ4v) is 3.22. The summed E-state index contributed by atoms with van der Waals surface area (Å²) in [5.74, 6) is 2.36. The fourth-order valence-electron chi connectivity index (χ4n) is 3.22. The Morgan fingerprint density at radius 2 is 2.00 bits per heavy atom. The Morgan fingerprint density at radius 3 is 2.85 bits per heavy atom. The molecule has 1 unspecified atom stereocenters. The monoisotopic (exact) mass is 351 g/mol. The first kappa shape index (κ1) is 16.5. The van der Waals surface area contributed by atoms with E-state index in [1.165, 1.54) is 0 Å². The Hall–Kier alpha value is -2.95. The molecule has 3 aromatic rings. The van der Waals surface area contributed by atoms with Gasteiger partial charge in [-0.25, -0.2) is 0 Å². The highest BCUT2D eigenvalue weighted by Crippen LogP contribution is 2.36. The quantitative estimate of drug-likeness (QED) is 0.687. The van der Waals surface area contributed by atoms with E-state index in [0.717, 1.165) is 33.8 Å². The number of carbonyl (C=O) groups is 1. The van der Waals surface area contributed by atoms with Crippen LogP contribution in [0.3, 0.4) is 0 Å². The number of rotatable bonds is 5. The van der Waals surface area contributed by atoms with Crippen LogP contribution in [-0.2, 0) is 11.2 Å². The van der Waals surface area contributed by atoms with Gasteiger partial charge in [0, 0.05) is 18.9 Å². The van der Waals surface area contributed by atoms with Gasteiger partial charge in [0.05, 0.1) is 6.04 Å². The van der Waals surface area contributed by atoms with Gasteiger partial charge in [0.2, 0.25) is 12.7 Å². The fraction of sp³-hybridized carbons (Fsp3) is 0.286. The lowest BCUT2D eigenvalue weighted by molar-refractivity contribution is -0.132. The molecule has 0 spiro atoms. The lowest BCUT2D eigenvalue weighted by atomic mass is 10.1. The number of fused-ring (bicyclic) bond motifs is 2. The van der Waals surface area contributed by atoms with E-state index in [4.69, 9.17) is 13.9 Å². The van der Waals surface area contributed by atoms with Gasteiger partial charge in [0.15, 0.2) is 11.5 Å². The minimum atomic E-state index is -0.129. The molecule has 0 N–H and O–H groups in total. The molecule has 1 aliphatic rings. The highest BCUT2D eigenvalue weighted by Gasteiger charge is 2.22. The molecule has 5 heteroatoms. The predicted octanol–water partition coefficient (Wildman–Crippen LogP) is 4.31. The van der Waals surface area contributed by atoms with Crippen molar-refractivity contribution in [3.05, 3.63) is 59.9 Å². The van der Waals surface area contributed by atoms with Crippen LogP contribution >= 0.6 is 0 Å². The van der Waals surface area contributed by atoms with Gasteiger partial charge in [-0.2, -0.15) is 0 Å². The van der Waals surface area contributed by atoms with Crippen LogP contribution in [-0.4, -0.2) is 24.6 Å². The first-order valence-corrected chi connectivity index (χ1v) is 8.75. The number of hydrogen-bond donors (Lipinski definition) is 0. The molecule has 0 radical (unpaired) electrons. The zero-order valence-electron chi connectivity index (χ0n) is 14.9. The van der Waals surface area contributed by atoms with Crippen LogP contribution in [0.15, 0.2) is 52.9 Å². The molecular formula is C21H21NO4. The molecule has 0 fully saturated rings. The average Bonchev–Trinajstić information content (AvgIpc) is 3.31. The number of amides is 1. The van der Waals surface area contributed by atoms with Crippen molar-refractivity contribution in [3.63, 3.8) is 0 Å². The van der Waals surface area contributed by atoms with Crippen molar-refractivity contribution in [1.29, 1.82) is 0 Å². The van der Waals surface area contributed by atoms with Crippen molar-refractivity contribution in [1.82, 2.24) is 4.90 Å². The summed E-state index contributed by atoms with van der Waals surface area (Å²) < 4.78 is 16.8. The van der Waals surface area contributed by atoms with Crippen LogP contribution < -0.4 is 9.47 Å². The third kappa shape index (κ3) is 3.01. The summed E-state index contributed by atoms with van der Waals surface area (Å²) in [6.07, 6.45) is 1.02. The smallest absolute Gasteiger partial charge is 0.231 e. The number of aryl methyl sites for hydroxylation is 1. The Labute approximate surface area is 152 Å². The molecule has 1 aromatic heterocycles. The van der Waals surface area contributed by atoms with Gasteiger partial charge < -0.3 is 18.8 Å². The Morgan fingerprint density at radius 1 is 1.15 bits per heavy atom. The van der Waals surface area contributed by atoms with E-state index in [0.29, 0.717) is 12.8 Å². The number of hydrogen-bond acceptors (Lipinski definition) is 4. The molecular weight excluding hydrogens is 330 g/mol. The van der Waals surface area contributed by atoms with Crippen molar-refractivity contribution in [2.24, 2.45) is 0 Å². The van der Waals surface area contributed by atoms with Crippen LogP contribution in [0, 0.1) is 0 Å². The topological polar surface area (TPSA) is 51.9 Å². The van der Waals surface area contributed by atoms with Gasteiger partial charge in [-0.15, -0.1) is 0 Å². The number of ether oxygens (including phenoxy) is 2. The molecule has 1 aliphatic heterocycles. The molecule has 1 atom stereocenters. The van der Waals surface area contributed by atoms with Crippen molar-refractivity contribution >= 4 is 16.9 Å². The van der Waals surface area contributed by atoms with Crippen molar-refractivity contribution in [3.8, 4) is 11.5 Å². The zero-order chi connectivity index (χ0) is 18.1. The summed E-state index contributed by atoms with van der Waals surface area (Å²) in [5.41, 5.74) is 1.84. The third-order valence-corrected chi connectivity index (χ3v) is 4.92. The van der Waals surface area contributed by atoms with Gasteiger partial charge >= 0.3 is 0 Å². The van der Waals surface area contributed by atoms with Crippen molar-refractivity contribution in [2.75, 3.05) is 13.8 Å². The van der Waals surface area contributed by atoms with Crippen LogP contribution in [0.2, 0.25) is 0 Å². The minimum Gasteiger partial charge on any atom is -0.459 e. The molecule has 1 amide bonds. The van der Waals surface area contributed by atoms with E-state index < -0.39 is 0 Å². The molecule has 0 aliphatic carbocycles. The normalized spacial score (nSPS) is 13.8. The van der Waals surface area contributed by atoms with E-state index in [1.807, 2.05) is 62.5 Å². The summed E-state index contributed by atoms with van der Waals surface area (Å²) in [6.45, 7) is 2.22. The van der Waals surface area contributed by atoms with Gasteiger partial charge in [-0.1, -0.05) is 30.3 Å². The molecule has 5 nitrogen and oxygen atoms in total. The SMILES string of the molecule is CC(c1cc2ccccc2o1)N(C)C(=O)CCc1cccc2c1OCO2. The molecule has 0 bridgehead atoms. The van der Waals surface area contributed by atoms with E-state index in [1.54, 1.807) is 4.90 Å². The van der Waals surface area contributed by atoms with E-state index in [9.17, 15) is 4.79 Å². The molecule has 134 valence electrons. The molecule has 0 saturated carbocycles. The maximum Gasteiger partial charge on any atom is 0.231 e. The standard InChI is InChI=1S/C21H21NO4/c1-14(19-12-16-6-3-4-8-17(16)26-19)22(2)20(23)11-10-15-7-5-9-18-21(15)25-13-24-18/h3-9,12,14H,10-11,13H2,1-2H3. The van der Waals surface area contributed by atoms with Crippen LogP contribution in [0.5, 0.6) is 11.5 Å². The van der Waals surface area contributed by atoms with Crippen molar-refractivity contribution in [2.45, 2.75) is 25.8 Å². The molecule has 2 aromatic carbocycles. The maximum absolute atomic E-state index is 12.7. The maximum atomic E-state index is 12.7. The number of para-hydroxylation sites is 2. The second-order valence-corrected chi connectivity index (χ2v) is 6.52. The Bertz CT molecular complexity index is 913. The summed E-state index contributed by atoms with van der Waals surface area (Å²) >= 11 is 0. The first-order chi connectivity index (χ1) is 12.6. The molecule has 2 heterocycles. The summed E-state index contributed by atoms with van der Waals surface area (Å²) in [6, 6.07) is 15.5. The van der Waals surface area contributed by atoms with Crippen molar-refractivity contribution < 1.29 is 18.7 Å². The van der Waals surface area contributed by atoms with Crippen LogP contribution in [0.25, 0.3) is 11.0 Å². The summed E-state index contributed by atoms with van der Waals surface area (Å²) in [4.78, 5) is 14.4. The highest BCUT2D eigenvalue weighted by atomic mass is 16.7. The second-order valence-electron chi connectivity index (χ2n) is 6.52. The predicted molar refractivity (Wildman–Crippen MR) is 98.3 cm³/mol. The highest BCUT2D eigenvalue weighted by molar-refractivity contribution is 5.79. The average molecular weight is 351 g/mol. The van der Waals surface area contributed by atoms with Gasteiger partial charge in [0.25, 0.3) is 0 Å². The largest absolute Gasteiger partial charge is 0.459 e. The minimum absolute atomic E-state index is 0.0643. The van der Waals surface area contributed by atoms with Crippen LogP contribution in [0.4, 0.5) is 0 Å². The molecule has 0 saturated heterocycles. The van der Waals surface area contributed by atoms with Crippen LogP contribution in [0.1, 0.15) is 30.7 Å². The second kappa shape index (κ2) is 6.75. The Balaban J connectivity index is 1.43. The Kier molecular flexibility index (Phi) is 4.29. The van der Waals surface area contributed by atoms with Gasteiger partial charge in [0.1, 0.15) is 11.3 Å². The lowest BCUT2D eigenvalue weighted by Gasteiger charge is -2.23. The number of furan rings is 1. The van der Waals surface area contributed by atoms with Gasteiger partial charge in [-0.3, -0.25) is 4.79 Å². The third-order valence-electron chi connectivity index (χ3n) is 4.92. The number of nitrogens with zero attached hydrogens (tertiary/aromatic N) is 1. The first-order valence-electron chi connectivity index (χ1n) is 8.75. The van der Waals surface area contributed by atoms with Gasteiger partial charge in [-0.05, 0) is 37.1 Å². The summed E-state index contributed by atoms with van der Waals surface area (Å²) in [7, 11) is 1.81. The molecule has 4 rings (SSSR count). The zero-order valence-corrected chi connectivity index (χ0v) is 14.9. The van der Waals surface area contributed by atoms with E-state index in [-0.39, 0.29) is 18.7 Å². The van der Waals surface area contributed by atoms with E-state index in [2.05, 4.69) is 0 Å².